The standard InChI is InChI=1S/C13H12BrN3O3S/c1-8-16-9(7-21-8)5-6-15-13(18)10-3-2-4-11(12(10)14)17(19)20/h2-4,7H,5-6H2,1H3,(H,15,18). The number of carbonyl (C=O) groups excluding carboxylic acids is 1. The zero-order chi connectivity index (χ0) is 15.4. The molecule has 1 amide bonds. The van der Waals surface area contributed by atoms with E-state index in [0.29, 0.717) is 13.0 Å². The van der Waals surface area contributed by atoms with Gasteiger partial charge in [-0.25, -0.2) is 4.98 Å². The summed E-state index contributed by atoms with van der Waals surface area (Å²) in [7, 11) is 0. The Hall–Kier alpha value is -1.80. The quantitative estimate of drug-likeness (QED) is 0.647. The largest absolute Gasteiger partial charge is 0.352 e. The molecule has 21 heavy (non-hydrogen) atoms. The highest BCUT2D eigenvalue weighted by molar-refractivity contribution is 9.10. The third-order valence-electron chi connectivity index (χ3n) is 2.75. The van der Waals surface area contributed by atoms with Gasteiger partial charge < -0.3 is 5.32 Å². The van der Waals surface area contributed by atoms with E-state index in [1.807, 2.05) is 12.3 Å². The van der Waals surface area contributed by atoms with E-state index in [0.717, 1.165) is 10.7 Å². The molecule has 0 atom stereocenters. The average Bonchev–Trinajstić information content (AvgIpc) is 2.84. The van der Waals surface area contributed by atoms with Gasteiger partial charge in [0.15, 0.2) is 0 Å². The number of nitro benzene ring substituents is 1. The van der Waals surface area contributed by atoms with Crippen LogP contribution in [-0.4, -0.2) is 22.4 Å². The number of rotatable bonds is 5. The summed E-state index contributed by atoms with van der Waals surface area (Å²) in [5.74, 6) is -0.350. The summed E-state index contributed by atoms with van der Waals surface area (Å²) in [6.07, 6.45) is 0.628. The fourth-order valence-electron chi connectivity index (χ4n) is 1.76. The third-order valence-corrected chi connectivity index (χ3v) is 4.41. The van der Waals surface area contributed by atoms with E-state index < -0.39 is 4.92 Å². The van der Waals surface area contributed by atoms with Crippen molar-refractivity contribution in [3.05, 3.63) is 54.4 Å². The van der Waals surface area contributed by atoms with E-state index in [-0.39, 0.29) is 21.6 Å². The highest BCUT2D eigenvalue weighted by atomic mass is 79.9. The molecule has 110 valence electrons. The van der Waals surface area contributed by atoms with Crippen LogP contribution >= 0.6 is 27.3 Å². The highest BCUT2D eigenvalue weighted by Gasteiger charge is 2.19. The Morgan fingerprint density at radius 2 is 2.29 bits per heavy atom. The SMILES string of the molecule is Cc1nc(CCNC(=O)c2cccc([N+](=O)[O-])c2Br)cs1. The number of nitrogens with one attached hydrogen (secondary N) is 1. The van der Waals surface area contributed by atoms with Crippen LogP contribution in [0, 0.1) is 17.0 Å². The minimum absolute atomic E-state index is 0.127. The van der Waals surface area contributed by atoms with Gasteiger partial charge in [0.2, 0.25) is 0 Å². The number of carbonyl (C=O) groups is 1. The van der Waals surface area contributed by atoms with Gasteiger partial charge in [0.25, 0.3) is 11.6 Å². The van der Waals surface area contributed by atoms with Crippen molar-refractivity contribution >= 4 is 38.9 Å². The van der Waals surface area contributed by atoms with E-state index in [1.54, 1.807) is 17.4 Å². The zero-order valence-electron chi connectivity index (χ0n) is 11.1. The zero-order valence-corrected chi connectivity index (χ0v) is 13.5. The van der Waals surface area contributed by atoms with Crippen LogP contribution in [0.2, 0.25) is 0 Å². The summed E-state index contributed by atoms with van der Waals surface area (Å²) < 4.78 is 0.192. The summed E-state index contributed by atoms with van der Waals surface area (Å²) in [5.41, 5.74) is 1.05. The minimum atomic E-state index is -0.529. The number of hydrogen-bond acceptors (Lipinski definition) is 5. The van der Waals surface area contributed by atoms with Crippen molar-refractivity contribution in [1.29, 1.82) is 0 Å². The highest BCUT2D eigenvalue weighted by Crippen LogP contribution is 2.28. The lowest BCUT2D eigenvalue weighted by molar-refractivity contribution is -0.385. The van der Waals surface area contributed by atoms with Gasteiger partial charge in [0, 0.05) is 24.4 Å². The van der Waals surface area contributed by atoms with Crippen LogP contribution in [-0.2, 0) is 6.42 Å². The van der Waals surface area contributed by atoms with Gasteiger partial charge in [-0.2, -0.15) is 0 Å². The lowest BCUT2D eigenvalue weighted by Gasteiger charge is -2.06. The number of hydrogen-bond donors (Lipinski definition) is 1. The Kier molecular flexibility index (Phi) is 5.03. The predicted octanol–water partition coefficient (Wildman–Crippen LogP) is 3.09. The van der Waals surface area contributed by atoms with Gasteiger partial charge in [-0.3, -0.25) is 14.9 Å². The molecule has 0 unspecified atom stereocenters. The van der Waals surface area contributed by atoms with Crippen LogP contribution in [0.15, 0.2) is 28.1 Å². The Morgan fingerprint density at radius 1 is 1.52 bits per heavy atom. The first kappa shape index (κ1) is 15.6. The fraction of sp³-hybridized carbons (Fsp3) is 0.231. The molecule has 1 N–H and O–H groups in total. The topological polar surface area (TPSA) is 85.1 Å². The second-order valence-corrected chi connectivity index (χ2v) is 6.11. The predicted molar refractivity (Wildman–Crippen MR) is 83.7 cm³/mol. The van der Waals surface area contributed by atoms with Gasteiger partial charge >= 0.3 is 0 Å². The lowest BCUT2D eigenvalue weighted by atomic mass is 10.2. The van der Waals surface area contributed by atoms with Crippen molar-refractivity contribution in [2.75, 3.05) is 6.54 Å². The summed E-state index contributed by atoms with van der Waals surface area (Å²) in [5, 5.41) is 16.5. The van der Waals surface area contributed by atoms with Crippen LogP contribution in [0.3, 0.4) is 0 Å². The van der Waals surface area contributed by atoms with Crippen molar-refractivity contribution < 1.29 is 9.72 Å². The number of thiazole rings is 1. The van der Waals surface area contributed by atoms with Gasteiger partial charge in [-0.15, -0.1) is 11.3 Å². The van der Waals surface area contributed by atoms with Crippen molar-refractivity contribution in [3.8, 4) is 0 Å². The Bertz CT molecular complexity index is 687. The molecular formula is C13H12BrN3O3S. The monoisotopic (exact) mass is 369 g/mol. The van der Waals surface area contributed by atoms with Crippen molar-refractivity contribution in [3.63, 3.8) is 0 Å². The van der Waals surface area contributed by atoms with E-state index in [9.17, 15) is 14.9 Å². The third kappa shape index (κ3) is 3.85. The molecule has 6 nitrogen and oxygen atoms in total. The minimum Gasteiger partial charge on any atom is -0.352 e. The molecule has 0 saturated carbocycles. The maximum absolute atomic E-state index is 12.1. The molecule has 0 bridgehead atoms. The molecular weight excluding hydrogens is 358 g/mol. The molecule has 0 fully saturated rings. The summed E-state index contributed by atoms with van der Waals surface area (Å²) >= 11 is 4.67. The van der Waals surface area contributed by atoms with E-state index in [4.69, 9.17) is 0 Å². The molecule has 8 heteroatoms. The molecule has 0 aliphatic carbocycles. The number of aromatic nitrogens is 1. The summed E-state index contributed by atoms with van der Waals surface area (Å²) in [4.78, 5) is 26.7. The fourth-order valence-corrected chi connectivity index (χ4v) is 2.99. The second kappa shape index (κ2) is 6.77. The number of benzene rings is 1. The number of amides is 1. The molecule has 0 aliphatic heterocycles. The lowest BCUT2D eigenvalue weighted by Crippen LogP contribution is -2.26. The summed E-state index contributed by atoms with van der Waals surface area (Å²) in [6, 6.07) is 4.37. The maximum atomic E-state index is 12.1. The molecule has 0 radical (unpaired) electrons. The molecule has 1 aromatic carbocycles. The van der Waals surface area contributed by atoms with Gasteiger partial charge in [-0.1, -0.05) is 6.07 Å². The number of halogens is 1. The number of nitrogens with zero attached hydrogens (tertiary/aromatic N) is 2. The molecule has 1 aromatic heterocycles. The van der Waals surface area contributed by atoms with E-state index in [1.165, 1.54) is 12.1 Å². The molecule has 2 aromatic rings. The van der Waals surface area contributed by atoms with E-state index in [2.05, 4.69) is 26.2 Å². The van der Waals surface area contributed by atoms with Crippen LogP contribution in [0.1, 0.15) is 21.1 Å². The molecule has 1 heterocycles. The first-order valence-electron chi connectivity index (χ1n) is 6.11. The van der Waals surface area contributed by atoms with Crippen molar-refractivity contribution in [2.45, 2.75) is 13.3 Å². The maximum Gasteiger partial charge on any atom is 0.284 e. The Balaban J connectivity index is 2.00. The van der Waals surface area contributed by atoms with Crippen molar-refractivity contribution in [1.82, 2.24) is 10.3 Å². The normalized spacial score (nSPS) is 10.4. The van der Waals surface area contributed by atoms with Crippen LogP contribution in [0.25, 0.3) is 0 Å². The Morgan fingerprint density at radius 3 is 2.90 bits per heavy atom. The molecule has 0 saturated heterocycles. The van der Waals surface area contributed by atoms with Gasteiger partial charge in [-0.05, 0) is 28.9 Å². The smallest absolute Gasteiger partial charge is 0.284 e. The van der Waals surface area contributed by atoms with Gasteiger partial charge in [0.1, 0.15) is 4.47 Å². The molecule has 2 rings (SSSR count). The van der Waals surface area contributed by atoms with Crippen LogP contribution < -0.4 is 5.32 Å². The van der Waals surface area contributed by atoms with Crippen LogP contribution in [0.4, 0.5) is 5.69 Å². The number of aryl methyl sites for hydroxylation is 1. The number of nitro groups is 1. The second-order valence-electron chi connectivity index (χ2n) is 4.26. The first-order chi connectivity index (χ1) is 9.99. The average molecular weight is 370 g/mol. The summed E-state index contributed by atoms with van der Waals surface area (Å²) in [6.45, 7) is 2.35. The molecule has 0 aliphatic rings. The van der Waals surface area contributed by atoms with E-state index >= 15 is 0 Å². The Labute approximate surface area is 133 Å². The van der Waals surface area contributed by atoms with Gasteiger partial charge in [0.05, 0.1) is 21.2 Å². The molecule has 0 spiro atoms. The van der Waals surface area contributed by atoms with Crippen LogP contribution in [0.5, 0.6) is 0 Å². The first-order valence-corrected chi connectivity index (χ1v) is 7.78. The van der Waals surface area contributed by atoms with Crippen molar-refractivity contribution in [2.24, 2.45) is 0 Å².